The molecule has 0 atom stereocenters. The molecule has 20 heavy (non-hydrogen) atoms. The number of nitrogens with one attached hydrogen (secondary N) is 1. The maximum atomic E-state index is 11.7. The van der Waals surface area contributed by atoms with Crippen molar-refractivity contribution < 1.29 is 16.8 Å². The first kappa shape index (κ1) is 17.4. The third kappa shape index (κ3) is 5.05. The van der Waals surface area contributed by atoms with E-state index >= 15 is 0 Å². The van der Waals surface area contributed by atoms with Gasteiger partial charge in [-0.2, -0.15) is 0 Å². The van der Waals surface area contributed by atoms with E-state index in [0.717, 1.165) is 6.26 Å². The summed E-state index contributed by atoms with van der Waals surface area (Å²) in [5, 5.41) is 3.26. The van der Waals surface area contributed by atoms with Crippen LogP contribution in [0.15, 0.2) is 23.1 Å². The van der Waals surface area contributed by atoms with Gasteiger partial charge in [0, 0.05) is 35.7 Å². The van der Waals surface area contributed by atoms with E-state index < -0.39 is 19.7 Å². The van der Waals surface area contributed by atoms with Crippen molar-refractivity contribution in [2.75, 3.05) is 24.3 Å². The average molecular weight is 340 g/mol. The van der Waals surface area contributed by atoms with Crippen LogP contribution in [-0.2, 0) is 26.2 Å². The standard InChI is InChI=1S/C12H18ClNO4S2/c1-3-20(17,18)8-7-14-9-10-11(13)5-4-6-12(10)19(2,15)16/h4-6,14H,3,7-9H2,1-2H3. The first-order valence-corrected chi connectivity index (χ1v) is 10.1. The van der Waals surface area contributed by atoms with Gasteiger partial charge >= 0.3 is 0 Å². The van der Waals surface area contributed by atoms with Gasteiger partial charge in [-0.1, -0.05) is 24.6 Å². The summed E-state index contributed by atoms with van der Waals surface area (Å²) in [6, 6.07) is 4.67. The van der Waals surface area contributed by atoms with Crippen LogP contribution in [0.25, 0.3) is 0 Å². The minimum absolute atomic E-state index is 0.0160. The Kier molecular flexibility index (Phi) is 6.00. The van der Waals surface area contributed by atoms with Crippen LogP contribution in [0.2, 0.25) is 5.02 Å². The lowest BCUT2D eigenvalue weighted by atomic mass is 10.2. The van der Waals surface area contributed by atoms with E-state index in [2.05, 4.69) is 5.32 Å². The summed E-state index contributed by atoms with van der Waals surface area (Å²) < 4.78 is 46.0. The van der Waals surface area contributed by atoms with Gasteiger partial charge in [-0.15, -0.1) is 0 Å². The zero-order valence-electron chi connectivity index (χ0n) is 11.4. The lowest BCUT2D eigenvalue weighted by molar-refractivity contribution is 0.589. The van der Waals surface area contributed by atoms with Gasteiger partial charge in [0.2, 0.25) is 0 Å². The lowest BCUT2D eigenvalue weighted by Gasteiger charge is -2.11. The molecular formula is C12H18ClNO4S2. The highest BCUT2D eigenvalue weighted by Crippen LogP contribution is 2.23. The van der Waals surface area contributed by atoms with Crippen molar-refractivity contribution >= 4 is 31.3 Å². The summed E-state index contributed by atoms with van der Waals surface area (Å²) in [7, 11) is -6.41. The van der Waals surface area contributed by atoms with Crippen LogP contribution in [0.3, 0.4) is 0 Å². The SMILES string of the molecule is CCS(=O)(=O)CCNCc1c(Cl)cccc1S(C)(=O)=O. The molecular weight excluding hydrogens is 322 g/mol. The fraction of sp³-hybridized carbons (Fsp3) is 0.500. The summed E-state index contributed by atoms with van der Waals surface area (Å²) >= 11 is 6.01. The molecule has 0 saturated carbocycles. The van der Waals surface area contributed by atoms with Crippen molar-refractivity contribution in [2.24, 2.45) is 0 Å². The Morgan fingerprint density at radius 1 is 1.20 bits per heavy atom. The van der Waals surface area contributed by atoms with Gasteiger partial charge in [-0.05, 0) is 12.1 Å². The van der Waals surface area contributed by atoms with Crippen LogP contribution in [0.5, 0.6) is 0 Å². The molecule has 5 nitrogen and oxygen atoms in total. The van der Waals surface area contributed by atoms with Crippen molar-refractivity contribution in [3.05, 3.63) is 28.8 Å². The second kappa shape index (κ2) is 6.89. The smallest absolute Gasteiger partial charge is 0.175 e. The van der Waals surface area contributed by atoms with Crippen LogP contribution < -0.4 is 5.32 Å². The van der Waals surface area contributed by atoms with Crippen molar-refractivity contribution in [1.29, 1.82) is 0 Å². The highest BCUT2D eigenvalue weighted by atomic mass is 35.5. The summed E-state index contributed by atoms with van der Waals surface area (Å²) in [5.41, 5.74) is 0.463. The molecule has 0 unspecified atom stereocenters. The molecule has 114 valence electrons. The molecule has 0 saturated heterocycles. The lowest BCUT2D eigenvalue weighted by Crippen LogP contribution is -2.24. The third-order valence-electron chi connectivity index (χ3n) is 2.81. The Morgan fingerprint density at radius 3 is 2.40 bits per heavy atom. The van der Waals surface area contributed by atoms with Gasteiger partial charge in [-0.25, -0.2) is 16.8 Å². The Balaban J connectivity index is 2.79. The fourth-order valence-corrected chi connectivity index (χ4v) is 3.64. The number of hydrogen-bond acceptors (Lipinski definition) is 5. The number of sulfone groups is 2. The Hall–Kier alpha value is -0.630. The van der Waals surface area contributed by atoms with E-state index in [1.54, 1.807) is 19.1 Å². The first-order chi connectivity index (χ1) is 9.17. The molecule has 0 spiro atoms. The molecule has 0 heterocycles. The molecule has 0 aliphatic heterocycles. The molecule has 0 aliphatic rings. The largest absolute Gasteiger partial charge is 0.312 e. The number of benzene rings is 1. The second-order valence-electron chi connectivity index (χ2n) is 4.40. The minimum Gasteiger partial charge on any atom is -0.312 e. The van der Waals surface area contributed by atoms with E-state index in [-0.39, 0.29) is 29.5 Å². The summed E-state index contributed by atoms with van der Waals surface area (Å²) in [6.07, 6.45) is 1.11. The van der Waals surface area contributed by atoms with Gasteiger partial charge in [-0.3, -0.25) is 0 Å². The van der Waals surface area contributed by atoms with Crippen LogP contribution >= 0.6 is 11.6 Å². The first-order valence-electron chi connectivity index (χ1n) is 6.06. The summed E-state index contributed by atoms with van der Waals surface area (Å²) in [5.74, 6) is 0.109. The zero-order valence-corrected chi connectivity index (χ0v) is 13.8. The Bertz CT molecular complexity index is 669. The molecule has 8 heteroatoms. The third-order valence-corrected chi connectivity index (χ3v) is 6.05. The number of hydrogen-bond donors (Lipinski definition) is 1. The quantitative estimate of drug-likeness (QED) is 0.757. The molecule has 1 N–H and O–H groups in total. The second-order valence-corrected chi connectivity index (χ2v) is 9.27. The van der Waals surface area contributed by atoms with E-state index in [1.165, 1.54) is 6.07 Å². The van der Waals surface area contributed by atoms with Crippen LogP contribution in [0.1, 0.15) is 12.5 Å². The van der Waals surface area contributed by atoms with Crippen molar-refractivity contribution in [2.45, 2.75) is 18.4 Å². The van der Waals surface area contributed by atoms with Crippen molar-refractivity contribution in [3.63, 3.8) is 0 Å². The number of rotatable bonds is 7. The molecule has 0 amide bonds. The molecule has 0 radical (unpaired) electrons. The highest BCUT2D eigenvalue weighted by Gasteiger charge is 2.15. The number of halogens is 1. The maximum absolute atomic E-state index is 11.7. The Labute approximate surface area is 125 Å². The predicted octanol–water partition coefficient (Wildman–Crippen LogP) is 1.27. The normalized spacial score (nSPS) is 12.6. The summed E-state index contributed by atoms with van der Waals surface area (Å²) in [6.45, 7) is 2.05. The minimum atomic E-state index is -3.37. The zero-order chi connectivity index (χ0) is 15.4. The molecule has 0 aromatic heterocycles. The van der Waals surface area contributed by atoms with Gasteiger partial charge in [0.05, 0.1) is 10.6 Å². The molecule has 1 aromatic carbocycles. The molecule has 0 fully saturated rings. The highest BCUT2D eigenvalue weighted by molar-refractivity contribution is 7.91. The predicted molar refractivity (Wildman–Crippen MR) is 80.6 cm³/mol. The van der Waals surface area contributed by atoms with Crippen LogP contribution in [-0.4, -0.2) is 41.1 Å². The van der Waals surface area contributed by atoms with Gasteiger partial charge in [0.15, 0.2) is 19.7 Å². The Morgan fingerprint density at radius 2 is 1.85 bits per heavy atom. The van der Waals surface area contributed by atoms with Crippen LogP contribution in [0, 0.1) is 0 Å². The van der Waals surface area contributed by atoms with E-state index in [0.29, 0.717) is 10.6 Å². The van der Waals surface area contributed by atoms with Gasteiger partial charge < -0.3 is 5.32 Å². The molecule has 0 aliphatic carbocycles. The van der Waals surface area contributed by atoms with E-state index in [1.807, 2.05) is 0 Å². The topological polar surface area (TPSA) is 80.3 Å². The van der Waals surface area contributed by atoms with Crippen molar-refractivity contribution in [1.82, 2.24) is 5.32 Å². The fourth-order valence-electron chi connectivity index (χ4n) is 1.64. The monoisotopic (exact) mass is 339 g/mol. The molecule has 0 bridgehead atoms. The van der Waals surface area contributed by atoms with Gasteiger partial charge in [0.1, 0.15) is 0 Å². The average Bonchev–Trinajstić information content (AvgIpc) is 2.34. The van der Waals surface area contributed by atoms with Crippen LogP contribution in [0.4, 0.5) is 0 Å². The van der Waals surface area contributed by atoms with E-state index in [4.69, 9.17) is 11.6 Å². The summed E-state index contributed by atoms with van der Waals surface area (Å²) in [4.78, 5) is 0.163. The van der Waals surface area contributed by atoms with Gasteiger partial charge in [0.25, 0.3) is 0 Å². The molecule has 1 aromatic rings. The van der Waals surface area contributed by atoms with E-state index in [9.17, 15) is 16.8 Å². The maximum Gasteiger partial charge on any atom is 0.175 e. The van der Waals surface area contributed by atoms with Crippen molar-refractivity contribution in [3.8, 4) is 0 Å². The molecule has 1 rings (SSSR count).